The normalized spacial score (nSPS) is 13.8. The molecule has 0 bridgehead atoms. The zero-order chi connectivity index (χ0) is 39.6. The zero-order valence-corrected chi connectivity index (χ0v) is 34.0. The summed E-state index contributed by atoms with van der Waals surface area (Å²) in [4.78, 5) is 42.7. The molecule has 0 aromatic carbocycles. The molecule has 2 N–H and O–H groups in total. The van der Waals surface area contributed by atoms with Gasteiger partial charge in [0.1, 0.15) is 6.61 Å². The topological polar surface area (TPSA) is 119 Å². The summed E-state index contributed by atoms with van der Waals surface area (Å²) in [6.07, 6.45) is 56.5. The van der Waals surface area contributed by atoms with E-state index in [4.69, 9.17) is 19.3 Å². The molecule has 0 spiro atoms. The molecule has 0 saturated heterocycles. The second-order valence-electron chi connectivity index (χ2n) is 12.5. The monoisotopic (exact) mass is 768 g/mol. The van der Waals surface area contributed by atoms with Gasteiger partial charge in [-0.2, -0.15) is 0 Å². The van der Waals surface area contributed by atoms with E-state index in [2.05, 4.69) is 116 Å². The van der Waals surface area contributed by atoms with Gasteiger partial charge < -0.3 is 19.3 Å². The van der Waals surface area contributed by atoms with Crippen LogP contribution in [0.2, 0.25) is 0 Å². The van der Waals surface area contributed by atoms with E-state index < -0.39 is 32.5 Å². The van der Waals surface area contributed by atoms with Crippen molar-refractivity contribution < 1.29 is 37.9 Å². The maximum atomic E-state index is 12.4. The van der Waals surface area contributed by atoms with Crippen LogP contribution in [0.3, 0.4) is 0 Å². The van der Waals surface area contributed by atoms with Crippen molar-refractivity contribution in [3.8, 4) is 0 Å². The molecule has 302 valence electrons. The molecule has 0 rings (SSSR count). The standard InChI is InChI=1S/C45H69O8P/c1-3-5-7-9-11-13-15-17-19-21-22-24-26-28-30-32-34-36-38-40-45(47)53-43(42-52-54(48,49)50)41-51-44(46)39-37-35-33-31-29-27-25-23-20-18-16-14-12-10-8-6-4-2/h6,8,11-14,17-20,22,24-25,27-28,30-31,33-34,36,43H,3-5,7,9-10,15-16,21,23,26,29,32,35,37-42H2,1-2H3,(H2,48,49,50)/b8-6+,13-11+,14-12+,19-17+,20-18+,24-22+,27-25+,30-28+,33-31+,36-34+/t43-/m1/s1. The molecule has 9 heteroatoms. The highest BCUT2D eigenvalue weighted by atomic mass is 31.2. The van der Waals surface area contributed by atoms with Crippen molar-refractivity contribution >= 4 is 19.8 Å². The van der Waals surface area contributed by atoms with Gasteiger partial charge in [-0.15, -0.1) is 0 Å². The highest BCUT2D eigenvalue weighted by molar-refractivity contribution is 7.46. The van der Waals surface area contributed by atoms with Crippen LogP contribution in [0.1, 0.15) is 129 Å². The van der Waals surface area contributed by atoms with E-state index in [0.29, 0.717) is 19.3 Å². The molecule has 0 heterocycles. The van der Waals surface area contributed by atoms with Crippen LogP contribution in [-0.2, 0) is 28.2 Å². The van der Waals surface area contributed by atoms with Crippen molar-refractivity contribution in [2.45, 2.75) is 136 Å². The van der Waals surface area contributed by atoms with Gasteiger partial charge in [0, 0.05) is 12.8 Å². The largest absolute Gasteiger partial charge is 0.469 e. The molecule has 0 aliphatic heterocycles. The smallest absolute Gasteiger partial charge is 0.462 e. The minimum absolute atomic E-state index is 0.0682. The molecular weight excluding hydrogens is 699 g/mol. The Bertz CT molecular complexity index is 1280. The molecule has 0 aromatic heterocycles. The first kappa shape index (κ1) is 50.5. The van der Waals surface area contributed by atoms with E-state index in [1.165, 1.54) is 25.7 Å². The lowest BCUT2D eigenvalue weighted by molar-refractivity contribution is -0.161. The Labute approximate surface area is 327 Å². The first-order valence-electron chi connectivity index (χ1n) is 19.8. The summed E-state index contributed by atoms with van der Waals surface area (Å²) < 4.78 is 26.2. The summed E-state index contributed by atoms with van der Waals surface area (Å²) in [5.41, 5.74) is 0. The Morgan fingerprint density at radius 3 is 1.33 bits per heavy atom. The fourth-order valence-corrected chi connectivity index (χ4v) is 4.93. The molecule has 54 heavy (non-hydrogen) atoms. The number of rotatable bonds is 34. The number of carbonyl (C=O) groups excluding carboxylic acids is 2. The lowest BCUT2D eigenvalue weighted by Gasteiger charge is -2.18. The van der Waals surface area contributed by atoms with Crippen LogP contribution in [0, 0.1) is 0 Å². The molecule has 1 atom stereocenters. The summed E-state index contributed by atoms with van der Waals surface area (Å²) >= 11 is 0. The van der Waals surface area contributed by atoms with E-state index in [-0.39, 0.29) is 19.4 Å². The Morgan fingerprint density at radius 1 is 0.500 bits per heavy atom. The van der Waals surface area contributed by atoms with Crippen molar-refractivity contribution in [1.29, 1.82) is 0 Å². The fraction of sp³-hybridized carbons (Fsp3) is 0.511. The number of carbonyl (C=O) groups is 2. The molecule has 0 amide bonds. The van der Waals surface area contributed by atoms with Crippen LogP contribution in [-0.4, -0.2) is 41.0 Å². The van der Waals surface area contributed by atoms with Crippen molar-refractivity contribution in [3.63, 3.8) is 0 Å². The molecule has 0 aliphatic rings. The van der Waals surface area contributed by atoms with E-state index in [9.17, 15) is 14.2 Å². The number of hydrogen-bond acceptors (Lipinski definition) is 6. The van der Waals surface area contributed by atoms with Crippen LogP contribution in [0.25, 0.3) is 0 Å². The van der Waals surface area contributed by atoms with E-state index in [1.54, 1.807) is 0 Å². The first-order chi connectivity index (χ1) is 26.3. The molecule has 0 fully saturated rings. The van der Waals surface area contributed by atoms with Gasteiger partial charge in [-0.3, -0.25) is 14.1 Å². The Kier molecular flexibility index (Phi) is 36.6. The summed E-state index contributed by atoms with van der Waals surface area (Å²) in [6.45, 7) is 3.40. The van der Waals surface area contributed by atoms with E-state index in [0.717, 1.165) is 57.8 Å². The molecule has 0 aliphatic carbocycles. The quantitative estimate of drug-likeness (QED) is 0.0287. The van der Waals surface area contributed by atoms with Crippen LogP contribution in [0.4, 0.5) is 0 Å². The lowest BCUT2D eigenvalue weighted by atomic mass is 10.2. The van der Waals surface area contributed by atoms with Crippen molar-refractivity contribution in [1.82, 2.24) is 0 Å². The summed E-state index contributed by atoms with van der Waals surface area (Å²) in [7, 11) is -4.79. The lowest BCUT2D eigenvalue weighted by Crippen LogP contribution is -2.29. The van der Waals surface area contributed by atoms with Gasteiger partial charge in [-0.1, -0.05) is 148 Å². The maximum Gasteiger partial charge on any atom is 0.469 e. The highest BCUT2D eigenvalue weighted by Gasteiger charge is 2.22. The molecule has 0 unspecified atom stereocenters. The van der Waals surface area contributed by atoms with Crippen molar-refractivity contribution in [2.75, 3.05) is 13.2 Å². The molecule has 0 radical (unpaired) electrons. The van der Waals surface area contributed by atoms with Crippen LogP contribution >= 0.6 is 7.82 Å². The average molecular weight is 769 g/mol. The minimum atomic E-state index is -4.79. The third-order valence-corrected chi connectivity index (χ3v) is 7.96. The van der Waals surface area contributed by atoms with Crippen molar-refractivity contribution in [3.05, 3.63) is 122 Å². The van der Waals surface area contributed by atoms with Crippen molar-refractivity contribution in [2.24, 2.45) is 0 Å². The summed E-state index contributed by atoms with van der Waals surface area (Å²) in [6, 6.07) is 0. The molecule has 0 saturated carbocycles. The van der Waals surface area contributed by atoms with Gasteiger partial charge in [0.25, 0.3) is 0 Å². The first-order valence-corrected chi connectivity index (χ1v) is 21.4. The van der Waals surface area contributed by atoms with Gasteiger partial charge in [0.05, 0.1) is 6.61 Å². The van der Waals surface area contributed by atoms with Gasteiger partial charge in [-0.25, -0.2) is 4.57 Å². The number of hydrogen-bond donors (Lipinski definition) is 2. The SMILES string of the molecule is CC/C=C/C/C=C/C/C=C/C/C=C/C/C=C/CCCC(=O)OC[C@H](COP(=O)(O)O)OC(=O)CC/C=C/C/C=C/C/C=C/C/C=C/C/C=C/CCCCC. The maximum absolute atomic E-state index is 12.4. The number of esters is 2. The minimum Gasteiger partial charge on any atom is -0.462 e. The summed E-state index contributed by atoms with van der Waals surface area (Å²) in [5.74, 6) is -1.06. The van der Waals surface area contributed by atoms with E-state index >= 15 is 0 Å². The highest BCUT2D eigenvalue weighted by Crippen LogP contribution is 2.35. The second-order valence-corrected chi connectivity index (χ2v) is 13.8. The van der Waals surface area contributed by atoms with Crippen LogP contribution < -0.4 is 0 Å². The zero-order valence-electron chi connectivity index (χ0n) is 33.1. The Morgan fingerprint density at radius 2 is 0.907 bits per heavy atom. The third kappa shape index (κ3) is 41.2. The molecule has 0 aromatic rings. The number of phosphoric acid groups is 1. The van der Waals surface area contributed by atoms with Gasteiger partial charge in [0.15, 0.2) is 6.10 Å². The Hall–Kier alpha value is -3.55. The van der Waals surface area contributed by atoms with Gasteiger partial charge in [-0.05, 0) is 89.9 Å². The second kappa shape index (κ2) is 39.2. The predicted octanol–water partition coefficient (Wildman–Crippen LogP) is 12.2. The van der Waals surface area contributed by atoms with Crippen LogP contribution in [0.15, 0.2) is 122 Å². The fourth-order valence-electron chi connectivity index (χ4n) is 4.57. The third-order valence-electron chi connectivity index (χ3n) is 7.48. The predicted molar refractivity (Wildman–Crippen MR) is 225 cm³/mol. The van der Waals surface area contributed by atoms with Gasteiger partial charge in [0.2, 0.25) is 0 Å². The number of unbranched alkanes of at least 4 members (excludes halogenated alkanes) is 4. The summed E-state index contributed by atoms with van der Waals surface area (Å²) in [5, 5.41) is 0. The number of allylic oxidation sites excluding steroid dienone is 20. The number of phosphoric ester groups is 1. The van der Waals surface area contributed by atoms with E-state index in [1.807, 2.05) is 24.3 Å². The molecular formula is C45H69O8P. The van der Waals surface area contributed by atoms with Crippen LogP contribution in [0.5, 0.6) is 0 Å². The van der Waals surface area contributed by atoms with Gasteiger partial charge >= 0.3 is 19.8 Å². The Balaban J connectivity index is 4.21. The number of ether oxygens (including phenoxy) is 2. The average Bonchev–Trinajstić information content (AvgIpc) is 3.14. The molecule has 8 nitrogen and oxygen atoms in total.